The first-order valence-corrected chi connectivity index (χ1v) is 14.2. The van der Waals surface area contributed by atoms with Crippen molar-refractivity contribution in [1.29, 1.82) is 0 Å². The summed E-state index contributed by atoms with van der Waals surface area (Å²) in [5.74, 6) is 1.11. The predicted octanol–water partition coefficient (Wildman–Crippen LogP) is 5.83. The minimum Gasteiger partial charge on any atom is -0.444 e. The number of pyridine rings is 2. The number of benzene rings is 2. The Hall–Kier alpha value is -4.76. The fourth-order valence-electron chi connectivity index (χ4n) is 5.34. The number of carbonyl (C=O) groups excluding carboxylic acids is 1. The van der Waals surface area contributed by atoms with Crippen molar-refractivity contribution in [2.75, 3.05) is 18.8 Å². The van der Waals surface area contributed by atoms with Gasteiger partial charge in [-0.05, 0) is 69.2 Å². The molecule has 1 aliphatic rings. The van der Waals surface area contributed by atoms with E-state index in [1.165, 1.54) is 5.56 Å². The summed E-state index contributed by atoms with van der Waals surface area (Å²) in [5.41, 5.74) is 12.1. The molecule has 1 amide bonds. The molecule has 1 fully saturated rings. The molecule has 4 heterocycles. The topological polar surface area (TPSA) is 111 Å². The van der Waals surface area contributed by atoms with Crippen LogP contribution in [-0.2, 0) is 11.3 Å². The summed E-state index contributed by atoms with van der Waals surface area (Å²) < 4.78 is 7.47. The number of rotatable bonds is 6. The van der Waals surface area contributed by atoms with Crippen LogP contribution >= 0.6 is 0 Å². The Kier molecular flexibility index (Phi) is 7.34. The number of aromatic nitrogens is 4. The van der Waals surface area contributed by atoms with Crippen LogP contribution in [0.25, 0.3) is 39.5 Å². The van der Waals surface area contributed by atoms with Crippen LogP contribution in [-0.4, -0.2) is 55.2 Å². The average Bonchev–Trinajstić information content (AvgIpc) is 3.56. The van der Waals surface area contributed by atoms with E-state index >= 15 is 0 Å². The van der Waals surface area contributed by atoms with Gasteiger partial charge in [-0.2, -0.15) is 0 Å². The van der Waals surface area contributed by atoms with Crippen molar-refractivity contribution < 1.29 is 9.53 Å². The highest BCUT2D eigenvalue weighted by Gasteiger charge is 2.26. The molecule has 0 unspecified atom stereocenters. The minimum atomic E-state index is -0.508. The quantitative estimate of drug-likeness (QED) is 0.268. The van der Waals surface area contributed by atoms with Gasteiger partial charge < -0.3 is 15.8 Å². The van der Waals surface area contributed by atoms with Gasteiger partial charge in [0.25, 0.3) is 0 Å². The number of nitrogens with two attached hydrogens (primary N) is 1. The first-order valence-electron chi connectivity index (χ1n) is 14.2. The van der Waals surface area contributed by atoms with Crippen molar-refractivity contribution in [3.8, 4) is 28.3 Å². The molecular weight excluding hydrogens is 526 g/mol. The smallest absolute Gasteiger partial charge is 0.407 e. The first kappa shape index (κ1) is 27.4. The minimum absolute atomic E-state index is 0.0776. The molecule has 3 aromatic heterocycles. The van der Waals surface area contributed by atoms with Gasteiger partial charge in [0.15, 0.2) is 11.5 Å². The highest BCUT2D eigenvalue weighted by Crippen LogP contribution is 2.32. The third kappa shape index (κ3) is 5.96. The summed E-state index contributed by atoms with van der Waals surface area (Å²) in [6.45, 7) is 8.09. The third-order valence-electron chi connectivity index (χ3n) is 7.25. The van der Waals surface area contributed by atoms with Crippen LogP contribution in [0.2, 0.25) is 0 Å². The third-order valence-corrected chi connectivity index (χ3v) is 7.25. The highest BCUT2D eigenvalue weighted by atomic mass is 16.6. The van der Waals surface area contributed by atoms with Crippen LogP contribution in [0, 0.1) is 0 Å². The Labute approximate surface area is 245 Å². The monoisotopic (exact) mass is 561 g/mol. The summed E-state index contributed by atoms with van der Waals surface area (Å²) in [5, 5.41) is 3.00. The SMILES string of the molecule is CC(C)(C)OC(=O)N[C@@H]1CCN(Cc2ccc(-n3c(-c4cccnc4N)nc4ccc(-c5ccccc5)nc43)cc2)C1. The number of hydrogen-bond donors (Lipinski definition) is 2. The molecule has 0 aliphatic carbocycles. The lowest BCUT2D eigenvalue weighted by atomic mass is 10.1. The van der Waals surface area contributed by atoms with Crippen molar-refractivity contribution in [2.24, 2.45) is 0 Å². The van der Waals surface area contributed by atoms with Crippen LogP contribution in [0.3, 0.4) is 0 Å². The second-order valence-corrected chi connectivity index (χ2v) is 11.6. The number of amides is 1. The van der Waals surface area contributed by atoms with Gasteiger partial charge in [-0.3, -0.25) is 9.47 Å². The Morgan fingerprint density at radius 3 is 2.52 bits per heavy atom. The standard InChI is InChI=1S/C33H35N7O2/c1-33(2,3)42-32(41)36-24-17-19-39(21-24)20-22-11-13-25(14-12-22)40-30(26-10-7-18-35-29(26)34)38-28-16-15-27(37-31(28)40)23-8-5-4-6-9-23/h4-16,18,24H,17,19-21H2,1-3H3,(H2,34,35)(H,36,41)/t24-/m1/s1. The number of anilines is 1. The number of ether oxygens (including phenoxy) is 1. The van der Waals surface area contributed by atoms with Crippen molar-refractivity contribution >= 4 is 23.1 Å². The summed E-state index contributed by atoms with van der Waals surface area (Å²) in [4.78, 5) is 28.8. The molecule has 1 aliphatic heterocycles. The second kappa shape index (κ2) is 11.3. The molecule has 6 rings (SSSR count). The van der Waals surface area contributed by atoms with Gasteiger partial charge in [0.1, 0.15) is 16.9 Å². The highest BCUT2D eigenvalue weighted by molar-refractivity contribution is 5.84. The lowest BCUT2D eigenvalue weighted by Crippen LogP contribution is -2.40. The van der Waals surface area contributed by atoms with Gasteiger partial charge >= 0.3 is 6.09 Å². The second-order valence-electron chi connectivity index (χ2n) is 11.6. The van der Waals surface area contributed by atoms with Crippen LogP contribution in [0.1, 0.15) is 32.8 Å². The number of likely N-dealkylation sites (tertiary alicyclic amines) is 1. The molecule has 2 aromatic carbocycles. The van der Waals surface area contributed by atoms with E-state index in [9.17, 15) is 4.79 Å². The van der Waals surface area contributed by atoms with Gasteiger partial charge in [0.05, 0.1) is 11.3 Å². The number of nitrogen functional groups attached to an aromatic ring is 1. The van der Waals surface area contributed by atoms with E-state index in [0.29, 0.717) is 11.6 Å². The molecule has 0 bridgehead atoms. The summed E-state index contributed by atoms with van der Waals surface area (Å²) in [6, 6.07) is 26.4. The maximum atomic E-state index is 12.2. The van der Waals surface area contributed by atoms with Gasteiger partial charge in [0, 0.05) is 43.1 Å². The van der Waals surface area contributed by atoms with Crippen molar-refractivity contribution in [1.82, 2.24) is 29.7 Å². The molecule has 5 aromatic rings. The molecule has 9 nitrogen and oxygen atoms in total. The largest absolute Gasteiger partial charge is 0.444 e. The van der Waals surface area contributed by atoms with E-state index in [1.54, 1.807) is 6.20 Å². The van der Waals surface area contributed by atoms with E-state index in [1.807, 2.05) is 63.2 Å². The fourth-order valence-corrected chi connectivity index (χ4v) is 5.34. The van der Waals surface area contributed by atoms with Gasteiger partial charge in [-0.15, -0.1) is 0 Å². The molecule has 42 heavy (non-hydrogen) atoms. The van der Waals surface area contributed by atoms with Crippen LogP contribution < -0.4 is 11.1 Å². The fraction of sp³-hybridized carbons (Fsp3) is 0.273. The van der Waals surface area contributed by atoms with E-state index in [-0.39, 0.29) is 12.1 Å². The van der Waals surface area contributed by atoms with E-state index in [2.05, 4.69) is 56.2 Å². The number of fused-ring (bicyclic) bond motifs is 1. The first-order chi connectivity index (χ1) is 20.2. The van der Waals surface area contributed by atoms with Gasteiger partial charge in [0.2, 0.25) is 0 Å². The molecule has 9 heteroatoms. The number of imidazole rings is 1. The molecular formula is C33H35N7O2. The molecule has 0 saturated carbocycles. The Balaban J connectivity index is 1.27. The number of hydrogen-bond acceptors (Lipinski definition) is 7. The number of nitrogens with zero attached hydrogens (tertiary/aromatic N) is 5. The Morgan fingerprint density at radius 2 is 1.79 bits per heavy atom. The zero-order chi connectivity index (χ0) is 29.3. The number of carbonyl (C=O) groups is 1. The van der Waals surface area contributed by atoms with Crippen molar-refractivity contribution in [3.63, 3.8) is 0 Å². The van der Waals surface area contributed by atoms with Crippen LogP contribution in [0.15, 0.2) is 85.1 Å². The molecule has 1 saturated heterocycles. The van der Waals surface area contributed by atoms with Gasteiger partial charge in [-0.25, -0.2) is 19.7 Å². The number of alkyl carbamates (subject to hydrolysis) is 1. The van der Waals surface area contributed by atoms with Gasteiger partial charge in [-0.1, -0.05) is 42.5 Å². The van der Waals surface area contributed by atoms with Crippen molar-refractivity contribution in [3.05, 3.63) is 90.6 Å². The Bertz CT molecular complexity index is 1710. The van der Waals surface area contributed by atoms with E-state index < -0.39 is 5.60 Å². The lowest BCUT2D eigenvalue weighted by molar-refractivity contribution is 0.0505. The van der Waals surface area contributed by atoms with Crippen LogP contribution in [0.5, 0.6) is 0 Å². The Morgan fingerprint density at radius 1 is 1.00 bits per heavy atom. The normalized spacial score (nSPS) is 15.6. The molecule has 3 N–H and O–H groups in total. The maximum absolute atomic E-state index is 12.2. The molecule has 0 radical (unpaired) electrons. The maximum Gasteiger partial charge on any atom is 0.407 e. The average molecular weight is 562 g/mol. The molecule has 214 valence electrons. The van der Waals surface area contributed by atoms with Crippen LogP contribution in [0.4, 0.5) is 10.6 Å². The summed E-state index contributed by atoms with van der Waals surface area (Å²) >= 11 is 0. The predicted molar refractivity (Wildman–Crippen MR) is 165 cm³/mol. The van der Waals surface area contributed by atoms with Crippen molar-refractivity contribution in [2.45, 2.75) is 45.4 Å². The summed E-state index contributed by atoms with van der Waals surface area (Å²) in [7, 11) is 0. The van der Waals surface area contributed by atoms with E-state index in [4.69, 9.17) is 20.4 Å². The molecule has 1 atom stereocenters. The van der Waals surface area contributed by atoms with E-state index in [0.717, 1.165) is 59.7 Å². The lowest BCUT2D eigenvalue weighted by Gasteiger charge is -2.22. The molecule has 0 spiro atoms. The summed E-state index contributed by atoms with van der Waals surface area (Å²) in [6.07, 6.45) is 2.21. The zero-order valence-corrected chi connectivity index (χ0v) is 24.1. The zero-order valence-electron chi connectivity index (χ0n) is 24.1. The number of nitrogens with one attached hydrogen (secondary N) is 1.